The minimum Gasteiger partial charge on any atom is -0.451 e. The number of rotatable bonds is 0. The fourth-order valence-corrected chi connectivity index (χ4v) is 10.8. The Morgan fingerprint density at radius 3 is 1.41 bits per heavy atom. The summed E-state index contributed by atoms with van der Waals surface area (Å²) < 4.78 is 38.7. The molecule has 7 nitrogen and oxygen atoms in total. The zero-order chi connectivity index (χ0) is 45.6. The van der Waals surface area contributed by atoms with E-state index >= 15 is 0 Å². The summed E-state index contributed by atoms with van der Waals surface area (Å²) in [6.45, 7) is 21.1. The van der Waals surface area contributed by atoms with Gasteiger partial charge in [-0.3, -0.25) is 8.98 Å². The Bertz CT molecular complexity index is 2690. The fraction of sp³-hybridized carbons (Fsp3) is 0.309. The molecule has 11 rings (SSSR count). The summed E-state index contributed by atoms with van der Waals surface area (Å²) in [5.41, 5.74) is 11.9. The highest BCUT2D eigenvalue weighted by Crippen LogP contribution is 2.48. The summed E-state index contributed by atoms with van der Waals surface area (Å²) in [6.07, 6.45) is 0.659. The minimum absolute atomic E-state index is 0.0493. The molecule has 6 aromatic rings. The topological polar surface area (TPSA) is 96.0 Å². The summed E-state index contributed by atoms with van der Waals surface area (Å²) in [5, 5.41) is 0. The van der Waals surface area contributed by atoms with Gasteiger partial charge >= 0.3 is 5.97 Å². The van der Waals surface area contributed by atoms with Crippen LogP contribution in [-0.4, -0.2) is 20.2 Å². The van der Waals surface area contributed by atoms with Gasteiger partial charge in [-0.05, 0) is 98.0 Å². The Labute approximate surface area is 373 Å². The summed E-state index contributed by atoms with van der Waals surface area (Å²) in [4.78, 5) is 23.0. The number of Topliss-reactive ketones (excluding diaryl/α,β-unsaturated/α-hetero) is 1. The van der Waals surface area contributed by atoms with Crippen molar-refractivity contribution in [3.05, 3.63) is 196 Å². The average Bonchev–Trinajstić information content (AvgIpc) is 3.92. The van der Waals surface area contributed by atoms with Gasteiger partial charge in [-0.25, -0.2) is 4.79 Å². The first kappa shape index (κ1) is 45.4. The number of ketones is 1. The lowest BCUT2D eigenvalue weighted by Crippen LogP contribution is -2.16. The van der Waals surface area contributed by atoms with Crippen LogP contribution in [0.3, 0.4) is 0 Å². The quantitative estimate of drug-likeness (QED) is 0.111. The molecular weight excluding hydrogens is 805 g/mol. The number of carbonyl (C=O) groups excluding carboxylic acids is 2. The number of benzene rings is 6. The predicted molar refractivity (Wildman–Crippen MR) is 249 cm³/mol. The standard InChI is InChI=1S/C15H14.C11H12O.C10H10O2.C10H12O.C9H10O3S/c1-15(2)13-9-5-3-7-11(13)12-8-4-6-10-14(12)15;1-11(2)7-10(12)8-5-3-4-6-9(8)11;1-10(2)8-6-4-3-5-7(8)9(11)12-10;1-10(2)9-6-4-3-5-8(9)7-11-10;1-9(2)7-5-3-4-6-8(7)13(10,11)12-9/h3-10H,1-2H3;3-6H,7H2,1-2H3;3-6H,1-2H3;3-6H,7H2,1-2H3;3-6H,1-2H3. The van der Waals surface area contributed by atoms with Crippen LogP contribution in [0.4, 0.5) is 0 Å². The highest BCUT2D eigenvalue weighted by atomic mass is 32.2. The van der Waals surface area contributed by atoms with Crippen molar-refractivity contribution in [2.45, 2.75) is 115 Å². The first-order chi connectivity index (χ1) is 29.6. The van der Waals surface area contributed by atoms with Crippen molar-refractivity contribution in [2.24, 2.45) is 0 Å². The van der Waals surface area contributed by atoms with Gasteiger partial charge in [-0.2, -0.15) is 8.42 Å². The molecule has 0 aromatic heterocycles. The molecule has 5 aliphatic rings. The van der Waals surface area contributed by atoms with E-state index in [4.69, 9.17) is 13.7 Å². The molecule has 0 atom stereocenters. The number of esters is 1. The predicted octanol–water partition coefficient (Wildman–Crippen LogP) is 12.7. The molecular formula is C55H58O7S. The molecule has 326 valence electrons. The molecule has 0 amide bonds. The van der Waals surface area contributed by atoms with E-state index in [0.717, 1.165) is 23.3 Å². The van der Waals surface area contributed by atoms with Gasteiger partial charge in [0.25, 0.3) is 10.1 Å². The Balaban J connectivity index is 0.000000119. The SMILES string of the molecule is CC1(C)CC(=O)c2ccccc21.CC1(C)OC(=O)c2ccccc21.CC1(C)OCc2ccccc21.CC1(C)OS(=O)(=O)c2ccccc21.CC1(C)c2ccccc2-c2ccccc21. The van der Waals surface area contributed by atoms with E-state index in [-0.39, 0.29) is 28.2 Å². The van der Waals surface area contributed by atoms with Gasteiger partial charge in [0.1, 0.15) is 16.1 Å². The van der Waals surface area contributed by atoms with E-state index in [1.165, 1.54) is 38.9 Å². The van der Waals surface area contributed by atoms with E-state index in [1.807, 2.05) is 56.3 Å². The zero-order valence-corrected chi connectivity index (χ0v) is 38.9. The van der Waals surface area contributed by atoms with Crippen molar-refractivity contribution in [1.29, 1.82) is 0 Å². The lowest BCUT2D eigenvalue weighted by atomic mass is 9.82. The third-order valence-electron chi connectivity index (χ3n) is 12.6. The lowest BCUT2D eigenvalue weighted by molar-refractivity contribution is -0.00791. The van der Waals surface area contributed by atoms with Crippen molar-refractivity contribution in [1.82, 2.24) is 0 Å². The van der Waals surface area contributed by atoms with Crippen LogP contribution < -0.4 is 0 Å². The highest BCUT2D eigenvalue weighted by Gasteiger charge is 2.42. The minimum atomic E-state index is -3.51. The number of cyclic esters (lactones) is 1. The van der Waals surface area contributed by atoms with Crippen molar-refractivity contribution in [3.8, 4) is 11.1 Å². The molecule has 0 fully saturated rings. The third-order valence-corrected chi connectivity index (χ3v) is 14.1. The Morgan fingerprint density at radius 2 is 0.889 bits per heavy atom. The summed E-state index contributed by atoms with van der Waals surface area (Å²) >= 11 is 0. The first-order valence-corrected chi connectivity index (χ1v) is 22.9. The van der Waals surface area contributed by atoms with Crippen molar-refractivity contribution in [2.75, 3.05) is 0 Å². The molecule has 0 radical (unpaired) electrons. The van der Waals surface area contributed by atoms with E-state index < -0.39 is 21.3 Å². The number of hydrogen-bond donors (Lipinski definition) is 0. The molecule has 0 bridgehead atoms. The van der Waals surface area contributed by atoms with Crippen LogP contribution in [0.5, 0.6) is 0 Å². The molecule has 0 saturated carbocycles. The average molecular weight is 863 g/mol. The maximum Gasteiger partial charge on any atom is 0.339 e. The van der Waals surface area contributed by atoms with E-state index in [9.17, 15) is 18.0 Å². The molecule has 0 unspecified atom stereocenters. The Kier molecular flexibility index (Phi) is 12.1. The monoisotopic (exact) mass is 862 g/mol. The van der Waals surface area contributed by atoms with Crippen LogP contribution in [0.25, 0.3) is 11.1 Å². The number of hydrogen-bond acceptors (Lipinski definition) is 7. The summed E-state index contributed by atoms with van der Waals surface area (Å²) in [7, 11) is -3.51. The number of carbonyl (C=O) groups is 2. The van der Waals surface area contributed by atoms with Gasteiger partial charge in [-0.15, -0.1) is 0 Å². The smallest absolute Gasteiger partial charge is 0.339 e. The summed E-state index contributed by atoms with van der Waals surface area (Å²) in [6, 6.07) is 48.1. The molecule has 6 aromatic carbocycles. The Hall–Kier alpha value is -5.67. The van der Waals surface area contributed by atoms with Crippen molar-refractivity contribution in [3.63, 3.8) is 0 Å². The number of fused-ring (bicyclic) bond motifs is 7. The molecule has 63 heavy (non-hydrogen) atoms. The van der Waals surface area contributed by atoms with E-state index in [2.05, 4.69) is 120 Å². The summed E-state index contributed by atoms with van der Waals surface area (Å²) in [5.74, 6) is 0.0752. The van der Waals surface area contributed by atoms with Gasteiger partial charge in [0.2, 0.25) is 0 Å². The molecule has 3 heterocycles. The zero-order valence-electron chi connectivity index (χ0n) is 38.0. The second-order valence-corrected chi connectivity index (χ2v) is 20.7. The van der Waals surface area contributed by atoms with Crippen LogP contribution in [0.1, 0.15) is 135 Å². The lowest BCUT2D eigenvalue weighted by Gasteiger charge is -2.20. The van der Waals surface area contributed by atoms with Gasteiger partial charge in [0.15, 0.2) is 5.78 Å². The Morgan fingerprint density at radius 1 is 0.444 bits per heavy atom. The van der Waals surface area contributed by atoms with Crippen molar-refractivity contribution < 1.29 is 31.7 Å². The molecule has 0 N–H and O–H groups in total. The normalized spacial score (nSPS) is 19.1. The van der Waals surface area contributed by atoms with Gasteiger partial charge in [0.05, 0.1) is 17.8 Å². The van der Waals surface area contributed by atoms with Crippen LogP contribution in [0, 0.1) is 0 Å². The molecule has 8 heteroatoms. The van der Waals surface area contributed by atoms with E-state index in [1.54, 1.807) is 38.1 Å². The first-order valence-electron chi connectivity index (χ1n) is 21.5. The van der Waals surface area contributed by atoms with Gasteiger partial charge in [-0.1, -0.05) is 161 Å². The van der Waals surface area contributed by atoms with Gasteiger partial charge < -0.3 is 9.47 Å². The number of ether oxygens (including phenoxy) is 2. The highest BCUT2D eigenvalue weighted by molar-refractivity contribution is 7.87. The second kappa shape index (κ2) is 16.8. The van der Waals surface area contributed by atoms with Crippen LogP contribution in [0.2, 0.25) is 0 Å². The maximum atomic E-state index is 11.5. The fourth-order valence-electron chi connectivity index (χ4n) is 9.22. The molecule has 2 aliphatic carbocycles. The molecule has 0 spiro atoms. The maximum absolute atomic E-state index is 11.5. The molecule has 3 aliphatic heterocycles. The van der Waals surface area contributed by atoms with Crippen LogP contribution in [-0.2, 0) is 58.0 Å². The van der Waals surface area contributed by atoms with Crippen molar-refractivity contribution >= 4 is 21.9 Å². The second-order valence-electron chi connectivity index (χ2n) is 19.2. The largest absolute Gasteiger partial charge is 0.451 e. The molecule has 0 saturated heterocycles. The van der Waals surface area contributed by atoms with Crippen LogP contribution >= 0.6 is 0 Å². The van der Waals surface area contributed by atoms with Crippen LogP contribution in [0.15, 0.2) is 150 Å². The van der Waals surface area contributed by atoms with E-state index in [0.29, 0.717) is 16.9 Å². The third kappa shape index (κ3) is 8.95. The van der Waals surface area contributed by atoms with Gasteiger partial charge in [0, 0.05) is 28.5 Å².